The molecule has 122 valence electrons. The van der Waals surface area contributed by atoms with Crippen LogP contribution in [0.1, 0.15) is 42.7 Å². The fourth-order valence-corrected chi connectivity index (χ4v) is 3.67. The van der Waals surface area contributed by atoms with Crippen LogP contribution in [-0.2, 0) is 16.8 Å². The Kier molecular flexibility index (Phi) is 4.44. The van der Waals surface area contributed by atoms with Crippen molar-refractivity contribution in [2.24, 2.45) is 0 Å². The monoisotopic (exact) mass is 332 g/mol. The second-order valence-corrected chi connectivity index (χ2v) is 6.82. The Hall–Kier alpha value is -1.81. The Morgan fingerprint density at radius 2 is 1.96 bits per heavy atom. The molecule has 0 saturated heterocycles. The summed E-state index contributed by atoms with van der Waals surface area (Å²) in [6.45, 7) is 2.32. The van der Waals surface area contributed by atoms with Crippen LogP contribution in [0.4, 0.5) is 0 Å². The third-order valence-corrected chi connectivity index (χ3v) is 4.94. The van der Waals surface area contributed by atoms with Crippen LogP contribution in [0.3, 0.4) is 0 Å². The largest absolute Gasteiger partial charge is 0.361 e. The number of aromatic nitrogens is 1. The zero-order chi connectivity index (χ0) is 16.4. The molecule has 0 N–H and O–H groups in total. The van der Waals surface area contributed by atoms with E-state index in [1.165, 1.54) is 0 Å². The second-order valence-electron chi connectivity index (χ2n) is 6.39. The molecule has 4 nitrogen and oxygen atoms in total. The molecule has 2 aromatic rings. The maximum Gasteiger partial charge on any atom is 0.233 e. The highest BCUT2D eigenvalue weighted by atomic mass is 35.5. The Bertz CT molecular complexity index is 687. The van der Waals surface area contributed by atoms with Crippen LogP contribution in [0.25, 0.3) is 0 Å². The molecular weight excluding hydrogens is 312 g/mol. The Morgan fingerprint density at radius 1 is 1.30 bits per heavy atom. The van der Waals surface area contributed by atoms with Crippen molar-refractivity contribution in [3.63, 3.8) is 0 Å². The average Bonchev–Trinajstić information content (AvgIpc) is 3.17. The maximum absolute atomic E-state index is 13.2. The number of amides is 1. The minimum Gasteiger partial charge on any atom is -0.361 e. The van der Waals surface area contributed by atoms with E-state index in [1.807, 2.05) is 44.3 Å². The van der Waals surface area contributed by atoms with Crippen LogP contribution in [0, 0.1) is 6.92 Å². The Morgan fingerprint density at radius 3 is 2.52 bits per heavy atom. The van der Waals surface area contributed by atoms with Gasteiger partial charge in [-0.3, -0.25) is 4.79 Å². The molecule has 0 aliphatic heterocycles. The molecule has 0 spiro atoms. The summed E-state index contributed by atoms with van der Waals surface area (Å²) in [5.74, 6) is 0.909. The molecule has 0 atom stereocenters. The smallest absolute Gasteiger partial charge is 0.233 e. The van der Waals surface area contributed by atoms with Gasteiger partial charge in [-0.1, -0.05) is 41.7 Å². The first kappa shape index (κ1) is 16.1. The molecular formula is C18H21ClN2O2. The van der Waals surface area contributed by atoms with E-state index in [0.717, 1.165) is 42.7 Å². The molecule has 3 rings (SSSR count). The SMILES string of the molecule is Cc1cc(CN(C)C(=O)C2(c3ccc(Cl)cc3)CCCC2)no1. The van der Waals surface area contributed by atoms with Gasteiger partial charge in [0.2, 0.25) is 5.91 Å². The lowest BCUT2D eigenvalue weighted by atomic mass is 9.77. The van der Waals surface area contributed by atoms with Crippen molar-refractivity contribution in [2.45, 2.75) is 44.6 Å². The minimum absolute atomic E-state index is 0.151. The topological polar surface area (TPSA) is 46.3 Å². The van der Waals surface area contributed by atoms with Crippen molar-refractivity contribution in [3.8, 4) is 0 Å². The van der Waals surface area contributed by atoms with Gasteiger partial charge in [-0.05, 0) is 37.5 Å². The van der Waals surface area contributed by atoms with Crippen molar-refractivity contribution < 1.29 is 9.32 Å². The molecule has 1 heterocycles. The van der Waals surface area contributed by atoms with E-state index < -0.39 is 5.41 Å². The maximum atomic E-state index is 13.2. The second kappa shape index (κ2) is 6.36. The van der Waals surface area contributed by atoms with Crippen molar-refractivity contribution in [3.05, 3.63) is 52.4 Å². The number of likely N-dealkylation sites (N-methyl/N-ethyl adjacent to an activating group) is 1. The molecule has 5 heteroatoms. The molecule has 0 bridgehead atoms. The van der Waals surface area contributed by atoms with Gasteiger partial charge in [0.25, 0.3) is 0 Å². The highest BCUT2D eigenvalue weighted by Crippen LogP contribution is 2.43. The van der Waals surface area contributed by atoms with E-state index >= 15 is 0 Å². The summed E-state index contributed by atoms with van der Waals surface area (Å²) in [5, 5.41) is 4.68. The standard InChI is InChI=1S/C18H21ClN2O2/c1-13-11-16(20-23-13)12-21(2)17(22)18(9-3-4-10-18)14-5-7-15(19)8-6-14/h5-8,11H,3-4,9-10,12H2,1-2H3. The van der Waals surface area contributed by atoms with Crippen molar-refractivity contribution in [2.75, 3.05) is 7.05 Å². The third-order valence-electron chi connectivity index (χ3n) is 4.69. The molecule has 0 unspecified atom stereocenters. The molecule has 1 aromatic carbocycles. The van der Waals surface area contributed by atoms with Gasteiger partial charge in [0, 0.05) is 18.1 Å². The van der Waals surface area contributed by atoms with Crippen molar-refractivity contribution in [1.29, 1.82) is 0 Å². The molecule has 1 aliphatic carbocycles. The number of carbonyl (C=O) groups excluding carboxylic acids is 1. The lowest BCUT2D eigenvalue weighted by Gasteiger charge is -2.32. The van der Waals surface area contributed by atoms with Gasteiger partial charge in [-0.25, -0.2) is 0 Å². The first-order valence-corrected chi connectivity index (χ1v) is 8.33. The number of hydrogen-bond acceptors (Lipinski definition) is 3. The molecule has 1 fully saturated rings. The van der Waals surface area contributed by atoms with Gasteiger partial charge in [0.05, 0.1) is 12.0 Å². The lowest BCUT2D eigenvalue weighted by molar-refractivity contribution is -0.136. The minimum atomic E-state index is -0.432. The summed E-state index contributed by atoms with van der Waals surface area (Å²) in [4.78, 5) is 15.0. The number of benzene rings is 1. The normalized spacial score (nSPS) is 16.5. The summed E-state index contributed by atoms with van der Waals surface area (Å²) in [7, 11) is 1.84. The zero-order valence-electron chi connectivity index (χ0n) is 13.5. The first-order valence-electron chi connectivity index (χ1n) is 7.95. The molecule has 1 aromatic heterocycles. The van der Waals surface area contributed by atoms with Gasteiger partial charge in [-0.15, -0.1) is 0 Å². The molecule has 1 amide bonds. The number of nitrogens with zero attached hydrogens (tertiary/aromatic N) is 2. The third kappa shape index (κ3) is 3.13. The summed E-state index contributed by atoms with van der Waals surface area (Å²) < 4.78 is 5.09. The van der Waals surface area contributed by atoms with E-state index in [9.17, 15) is 4.79 Å². The van der Waals surface area contributed by atoms with Crippen LogP contribution in [-0.4, -0.2) is 23.0 Å². The highest BCUT2D eigenvalue weighted by molar-refractivity contribution is 6.30. The Labute approximate surface area is 141 Å². The van der Waals surface area contributed by atoms with Gasteiger partial charge in [0.15, 0.2) is 0 Å². The molecule has 0 radical (unpaired) electrons. The molecule has 23 heavy (non-hydrogen) atoms. The van der Waals surface area contributed by atoms with Gasteiger partial charge in [-0.2, -0.15) is 0 Å². The van der Waals surface area contributed by atoms with Crippen LogP contribution < -0.4 is 0 Å². The van der Waals surface area contributed by atoms with E-state index in [-0.39, 0.29) is 5.91 Å². The van der Waals surface area contributed by atoms with Crippen LogP contribution in [0.5, 0.6) is 0 Å². The van der Waals surface area contributed by atoms with Gasteiger partial charge >= 0.3 is 0 Å². The fraction of sp³-hybridized carbons (Fsp3) is 0.444. The lowest BCUT2D eigenvalue weighted by Crippen LogP contribution is -2.43. The number of aryl methyl sites for hydroxylation is 1. The van der Waals surface area contributed by atoms with Crippen LogP contribution in [0.15, 0.2) is 34.9 Å². The van der Waals surface area contributed by atoms with Crippen molar-refractivity contribution >= 4 is 17.5 Å². The van der Waals surface area contributed by atoms with E-state index in [2.05, 4.69) is 5.16 Å². The summed E-state index contributed by atoms with van der Waals surface area (Å²) >= 11 is 6.00. The quantitative estimate of drug-likeness (QED) is 0.846. The fourth-order valence-electron chi connectivity index (χ4n) is 3.55. The van der Waals surface area contributed by atoms with Crippen LogP contribution >= 0.6 is 11.6 Å². The summed E-state index contributed by atoms with van der Waals surface area (Å²) in [6, 6.07) is 9.57. The summed E-state index contributed by atoms with van der Waals surface area (Å²) in [6.07, 6.45) is 3.92. The number of rotatable bonds is 4. The Balaban J connectivity index is 1.85. The first-order chi connectivity index (χ1) is 11.0. The number of carbonyl (C=O) groups is 1. The number of hydrogen-bond donors (Lipinski definition) is 0. The highest BCUT2D eigenvalue weighted by Gasteiger charge is 2.44. The predicted octanol–water partition coefficient (Wildman–Crippen LogP) is 4.11. The number of halogens is 1. The summed E-state index contributed by atoms with van der Waals surface area (Å²) in [5.41, 5.74) is 1.41. The molecule has 1 saturated carbocycles. The predicted molar refractivity (Wildman–Crippen MR) is 89.3 cm³/mol. The van der Waals surface area contributed by atoms with Gasteiger partial charge < -0.3 is 9.42 Å². The van der Waals surface area contributed by atoms with Crippen LogP contribution in [0.2, 0.25) is 5.02 Å². The van der Waals surface area contributed by atoms with E-state index in [4.69, 9.17) is 16.1 Å². The van der Waals surface area contributed by atoms with E-state index in [0.29, 0.717) is 11.6 Å². The zero-order valence-corrected chi connectivity index (χ0v) is 14.3. The molecule has 1 aliphatic rings. The average molecular weight is 333 g/mol. The van der Waals surface area contributed by atoms with Crippen molar-refractivity contribution in [1.82, 2.24) is 10.1 Å². The van der Waals surface area contributed by atoms with Gasteiger partial charge in [0.1, 0.15) is 11.5 Å². The van der Waals surface area contributed by atoms with E-state index in [1.54, 1.807) is 4.90 Å².